The minimum absolute atomic E-state index is 0.0512. The van der Waals surface area contributed by atoms with E-state index in [1.165, 1.54) is 0 Å². The quantitative estimate of drug-likeness (QED) is 0.579. The number of aryl methyl sites for hydroxylation is 1. The summed E-state index contributed by atoms with van der Waals surface area (Å²) in [7, 11) is 0. The number of nitrogens with zero attached hydrogens (tertiary/aromatic N) is 1. The van der Waals surface area contributed by atoms with Crippen LogP contribution in [-0.2, 0) is 16.0 Å². The molecule has 1 unspecified atom stereocenters. The van der Waals surface area contributed by atoms with Crippen LogP contribution in [-0.4, -0.2) is 41.8 Å². The third kappa shape index (κ3) is 6.17. The molecule has 0 spiro atoms. The first-order chi connectivity index (χ1) is 12.1. The Bertz CT molecular complexity index is 601. The molecule has 0 radical (unpaired) electrons. The van der Waals surface area contributed by atoms with Crippen LogP contribution in [0.2, 0.25) is 0 Å². The van der Waals surface area contributed by atoms with Crippen molar-refractivity contribution in [3.8, 4) is 0 Å². The lowest BCUT2D eigenvalue weighted by molar-refractivity contribution is -0.133. The van der Waals surface area contributed by atoms with Crippen LogP contribution in [0.5, 0.6) is 0 Å². The highest BCUT2D eigenvalue weighted by Crippen LogP contribution is 2.06. The van der Waals surface area contributed by atoms with Gasteiger partial charge in [-0.05, 0) is 43.7 Å². The van der Waals surface area contributed by atoms with Crippen molar-refractivity contribution < 1.29 is 14.4 Å². The van der Waals surface area contributed by atoms with Crippen molar-refractivity contribution in [1.29, 1.82) is 0 Å². The van der Waals surface area contributed by atoms with Crippen LogP contribution < -0.4 is 16.0 Å². The minimum Gasteiger partial charge on any atom is -0.351 e. The summed E-state index contributed by atoms with van der Waals surface area (Å²) in [6, 6.07) is 3.23. The molecule has 2 rings (SSSR count). The molecule has 1 aliphatic heterocycles. The molecule has 0 aliphatic carbocycles. The SMILES string of the molecule is CCCCc1ccc(C(=O)NCCCCC2NC(=O)CNC2=O)nc1. The second-order valence-corrected chi connectivity index (χ2v) is 6.24. The molecule has 7 nitrogen and oxygen atoms in total. The van der Waals surface area contributed by atoms with Gasteiger partial charge in [-0.1, -0.05) is 19.4 Å². The zero-order valence-corrected chi connectivity index (χ0v) is 14.6. The van der Waals surface area contributed by atoms with Crippen molar-refractivity contribution in [3.63, 3.8) is 0 Å². The van der Waals surface area contributed by atoms with E-state index < -0.39 is 6.04 Å². The van der Waals surface area contributed by atoms with Gasteiger partial charge in [-0.25, -0.2) is 0 Å². The molecule has 1 aromatic rings. The zero-order chi connectivity index (χ0) is 18.1. The normalized spacial score (nSPS) is 16.9. The lowest BCUT2D eigenvalue weighted by atomic mass is 10.1. The smallest absolute Gasteiger partial charge is 0.269 e. The van der Waals surface area contributed by atoms with Gasteiger partial charge in [0.2, 0.25) is 11.8 Å². The van der Waals surface area contributed by atoms with E-state index >= 15 is 0 Å². The van der Waals surface area contributed by atoms with E-state index in [1.54, 1.807) is 12.3 Å². The van der Waals surface area contributed by atoms with Crippen molar-refractivity contribution >= 4 is 17.7 Å². The number of hydrogen-bond acceptors (Lipinski definition) is 4. The first kappa shape index (κ1) is 18.9. The second-order valence-electron chi connectivity index (χ2n) is 6.24. The Morgan fingerprint density at radius 1 is 1.28 bits per heavy atom. The predicted molar refractivity (Wildman–Crippen MR) is 94.0 cm³/mol. The fraction of sp³-hybridized carbons (Fsp3) is 0.556. The van der Waals surface area contributed by atoms with Gasteiger partial charge in [0.25, 0.3) is 5.91 Å². The molecule has 7 heteroatoms. The lowest BCUT2D eigenvalue weighted by Gasteiger charge is -2.22. The van der Waals surface area contributed by atoms with Crippen molar-refractivity contribution in [2.24, 2.45) is 0 Å². The van der Waals surface area contributed by atoms with Crippen LogP contribution in [0.15, 0.2) is 18.3 Å². The Balaban J connectivity index is 1.65. The summed E-state index contributed by atoms with van der Waals surface area (Å²) in [6.45, 7) is 2.71. The lowest BCUT2D eigenvalue weighted by Crippen LogP contribution is -2.56. The molecular formula is C18H26N4O3. The number of piperazine rings is 1. The third-order valence-corrected chi connectivity index (χ3v) is 4.16. The molecule has 0 saturated carbocycles. The highest BCUT2D eigenvalue weighted by atomic mass is 16.2. The molecule has 3 amide bonds. The summed E-state index contributed by atoms with van der Waals surface area (Å²) in [5, 5.41) is 8.04. The second kappa shape index (κ2) is 9.76. The van der Waals surface area contributed by atoms with Gasteiger partial charge >= 0.3 is 0 Å². The Hall–Kier alpha value is -2.44. The van der Waals surface area contributed by atoms with Crippen molar-refractivity contribution in [3.05, 3.63) is 29.6 Å². The largest absolute Gasteiger partial charge is 0.351 e. The predicted octanol–water partition coefficient (Wildman–Crippen LogP) is 0.939. The molecule has 136 valence electrons. The molecule has 25 heavy (non-hydrogen) atoms. The molecule has 2 heterocycles. The van der Waals surface area contributed by atoms with Gasteiger partial charge in [-0.2, -0.15) is 0 Å². The Morgan fingerprint density at radius 2 is 2.12 bits per heavy atom. The van der Waals surface area contributed by atoms with Gasteiger partial charge < -0.3 is 16.0 Å². The summed E-state index contributed by atoms with van der Waals surface area (Å²) in [5.74, 6) is -0.492. The van der Waals surface area contributed by atoms with E-state index in [1.807, 2.05) is 6.07 Å². The van der Waals surface area contributed by atoms with Crippen LogP contribution in [0.3, 0.4) is 0 Å². The molecule has 0 aromatic carbocycles. The van der Waals surface area contributed by atoms with Gasteiger partial charge in [0.1, 0.15) is 11.7 Å². The average Bonchev–Trinajstić information content (AvgIpc) is 2.62. The van der Waals surface area contributed by atoms with Crippen molar-refractivity contribution in [2.45, 2.75) is 51.5 Å². The van der Waals surface area contributed by atoms with Crippen LogP contribution in [0.4, 0.5) is 0 Å². The number of carbonyl (C=O) groups excluding carboxylic acids is 3. The van der Waals surface area contributed by atoms with Crippen LogP contribution >= 0.6 is 0 Å². The number of nitrogens with one attached hydrogen (secondary N) is 3. The molecule has 1 atom stereocenters. The maximum absolute atomic E-state index is 12.0. The minimum atomic E-state index is -0.464. The van der Waals surface area contributed by atoms with E-state index in [2.05, 4.69) is 27.9 Å². The van der Waals surface area contributed by atoms with Gasteiger partial charge in [-0.15, -0.1) is 0 Å². The number of unbranched alkanes of at least 4 members (excludes halogenated alkanes) is 2. The standard InChI is InChI=1S/C18H26N4O3/c1-2-3-6-13-8-9-14(20-11-13)17(24)19-10-5-4-7-15-18(25)21-12-16(23)22-15/h8-9,11,15H,2-7,10,12H2,1H3,(H,19,24)(H,21,25)(H,22,23). The Kier molecular flexibility index (Phi) is 7.37. The molecule has 1 aromatic heterocycles. The topological polar surface area (TPSA) is 100 Å². The molecule has 1 fully saturated rings. The first-order valence-electron chi connectivity index (χ1n) is 8.90. The number of rotatable bonds is 9. The van der Waals surface area contributed by atoms with Crippen LogP contribution in [0.25, 0.3) is 0 Å². The van der Waals surface area contributed by atoms with Gasteiger partial charge in [0.05, 0.1) is 6.54 Å². The number of hydrogen-bond donors (Lipinski definition) is 3. The molecular weight excluding hydrogens is 320 g/mol. The highest BCUT2D eigenvalue weighted by molar-refractivity contribution is 5.94. The van der Waals surface area contributed by atoms with Crippen molar-refractivity contribution in [2.75, 3.05) is 13.1 Å². The fourth-order valence-corrected chi connectivity index (χ4v) is 2.66. The summed E-state index contributed by atoms with van der Waals surface area (Å²) in [6.07, 6.45) is 7.03. The molecule has 0 bridgehead atoms. The molecule has 1 saturated heterocycles. The summed E-state index contributed by atoms with van der Waals surface area (Å²) in [5.41, 5.74) is 1.56. The summed E-state index contributed by atoms with van der Waals surface area (Å²) in [4.78, 5) is 39.1. The van der Waals surface area contributed by atoms with Crippen LogP contribution in [0.1, 0.15) is 55.1 Å². The number of pyridine rings is 1. The molecule has 1 aliphatic rings. The molecule has 3 N–H and O–H groups in total. The first-order valence-corrected chi connectivity index (χ1v) is 8.90. The summed E-state index contributed by atoms with van der Waals surface area (Å²) < 4.78 is 0. The monoisotopic (exact) mass is 346 g/mol. The zero-order valence-electron chi connectivity index (χ0n) is 14.6. The Labute approximate surface area is 148 Å². The number of aromatic nitrogens is 1. The van der Waals surface area contributed by atoms with E-state index in [-0.39, 0.29) is 24.3 Å². The maximum Gasteiger partial charge on any atom is 0.269 e. The Morgan fingerprint density at radius 3 is 2.84 bits per heavy atom. The summed E-state index contributed by atoms with van der Waals surface area (Å²) >= 11 is 0. The van der Waals surface area contributed by atoms with E-state index in [4.69, 9.17) is 0 Å². The van der Waals surface area contributed by atoms with Gasteiger partial charge in [-0.3, -0.25) is 19.4 Å². The van der Waals surface area contributed by atoms with E-state index in [0.29, 0.717) is 18.7 Å². The van der Waals surface area contributed by atoms with E-state index in [0.717, 1.165) is 37.7 Å². The average molecular weight is 346 g/mol. The van der Waals surface area contributed by atoms with Gasteiger partial charge in [0, 0.05) is 12.7 Å². The number of amides is 3. The number of carbonyl (C=O) groups is 3. The van der Waals surface area contributed by atoms with Crippen molar-refractivity contribution in [1.82, 2.24) is 20.9 Å². The highest BCUT2D eigenvalue weighted by Gasteiger charge is 2.24. The van der Waals surface area contributed by atoms with Gasteiger partial charge in [0.15, 0.2) is 0 Å². The maximum atomic E-state index is 12.0. The van der Waals surface area contributed by atoms with Crippen LogP contribution in [0, 0.1) is 0 Å². The van der Waals surface area contributed by atoms with E-state index in [9.17, 15) is 14.4 Å². The fourth-order valence-electron chi connectivity index (χ4n) is 2.66. The third-order valence-electron chi connectivity index (χ3n) is 4.16.